The Labute approximate surface area is 220 Å². The van der Waals surface area contributed by atoms with Crippen LogP contribution in [0.15, 0.2) is 25.3 Å². The summed E-state index contributed by atoms with van der Waals surface area (Å²) in [6.07, 6.45) is 5.97. The third kappa shape index (κ3) is 4.87. The van der Waals surface area contributed by atoms with E-state index in [2.05, 4.69) is 47.8 Å². The maximum atomic E-state index is 14.6. The molecule has 8 heteroatoms. The maximum Gasteiger partial charge on any atom is 0.311 e. The number of nitrogens with zero attached hydrogens (tertiary/aromatic N) is 2. The van der Waals surface area contributed by atoms with Gasteiger partial charge in [-0.25, -0.2) is 0 Å². The number of amides is 2. The minimum atomic E-state index is -0.751. The monoisotopic (exact) mass is 520 g/mol. The molecule has 0 aliphatic carbocycles. The number of hydrogen-bond acceptors (Lipinski definition) is 6. The number of rotatable bonds is 11. The van der Waals surface area contributed by atoms with Crippen molar-refractivity contribution in [2.45, 2.75) is 94.8 Å². The zero-order valence-corrected chi connectivity index (χ0v) is 23.6. The van der Waals surface area contributed by atoms with E-state index in [1.807, 2.05) is 11.8 Å². The number of ether oxygens (including phenoxy) is 1. The number of likely N-dealkylation sites (tertiary alicyclic amines) is 1. The summed E-state index contributed by atoms with van der Waals surface area (Å²) < 4.78 is 4.71. The van der Waals surface area contributed by atoms with Crippen LogP contribution in [0.3, 0.4) is 0 Å². The van der Waals surface area contributed by atoms with E-state index < -0.39 is 40.2 Å². The van der Waals surface area contributed by atoms with Gasteiger partial charge in [-0.2, -0.15) is 0 Å². The van der Waals surface area contributed by atoms with Gasteiger partial charge < -0.3 is 19.6 Å². The summed E-state index contributed by atoms with van der Waals surface area (Å²) >= 11 is 1.62. The molecule has 0 aromatic carbocycles. The van der Waals surface area contributed by atoms with Crippen molar-refractivity contribution >= 4 is 29.5 Å². The minimum Gasteiger partial charge on any atom is -0.461 e. The molecule has 1 N–H and O–H groups in total. The van der Waals surface area contributed by atoms with Crippen LogP contribution in [0, 0.1) is 17.3 Å². The second-order valence-electron chi connectivity index (χ2n) is 12.3. The molecule has 2 unspecified atom stereocenters. The highest BCUT2D eigenvalue weighted by Gasteiger charge is 2.75. The van der Waals surface area contributed by atoms with E-state index in [4.69, 9.17) is 4.74 Å². The van der Waals surface area contributed by atoms with E-state index in [1.54, 1.807) is 22.7 Å². The van der Waals surface area contributed by atoms with E-state index in [-0.39, 0.29) is 35.7 Å². The molecule has 3 fully saturated rings. The van der Waals surface area contributed by atoms with Gasteiger partial charge in [0.25, 0.3) is 0 Å². The van der Waals surface area contributed by atoms with E-state index in [9.17, 15) is 19.5 Å². The van der Waals surface area contributed by atoms with E-state index in [1.165, 1.54) is 6.08 Å². The highest BCUT2D eigenvalue weighted by Crippen LogP contribution is 2.67. The Balaban J connectivity index is 2.10. The zero-order valence-electron chi connectivity index (χ0n) is 22.8. The molecular weight excluding hydrogens is 476 g/mol. The van der Waals surface area contributed by atoms with E-state index in [0.717, 1.165) is 12.8 Å². The lowest BCUT2D eigenvalue weighted by atomic mass is 9.71. The van der Waals surface area contributed by atoms with Crippen molar-refractivity contribution < 1.29 is 24.2 Å². The van der Waals surface area contributed by atoms with E-state index in [0.29, 0.717) is 19.4 Å². The topological polar surface area (TPSA) is 87.1 Å². The molecule has 6 atom stereocenters. The van der Waals surface area contributed by atoms with Gasteiger partial charge in [-0.15, -0.1) is 18.3 Å². The lowest BCUT2D eigenvalue weighted by Crippen LogP contribution is -2.61. The summed E-state index contributed by atoms with van der Waals surface area (Å²) in [5.74, 6) is -1.96. The largest absolute Gasteiger partial charge is 0.461 e. The molecule has 36 heavy (non-hydrogen) atoms. The van der Waals surface area contributed by atoms with Gasteiger partial charge in [0, 0.05) is 17.3 Å². The Morgan fingerprint density at radius 3 is 2.47 bits per heavy atom. The van der Waals surface area contributed by atoms with Gasteiger partial charge in [-0.1, -0.05) is 46.4 Å². The molecule has 2 bridgehead atoms. The third-order valence-electron chi connectivity index (χ3n) is 7.93. The molecular formula is C28H44N2O5S. The van der Waals surface area contributed by atoms with Gasteiger partial charge in [0.1, 0.15) is 12.6 Å². The fourth-order valence-corrected chi connectivity index (χ4v) is 9.18. The number of aliphatic hydroxyl groups excluding tert-OH is 1. The number of esters is 1. The van der Waals surface area contributed by atoms with Gasteiger partial charge >= 0.3 is 5.97 Å². The smallest absolute Gasteiger partial charge is 0.311 e. The van der Waals surface area contributed by atoms with Crippen LogP contribution in [0.2, 0.25) is 0 Å². The number of aliphatic hydroxyl groups is 1. The van der Waals surface area contributed by atoms with Crippen molar-refractivity contribution in [1.82, 2.24) is 9.80 Å². The quantitative estimate of drug-likeness (QED) is 0.329. The van der Waals surface area contributed by atoms with Gasteiger partial charge in [0.05, 0.1) is 29.2 Å². The molecule has 0 radical (unpaired) electrons. The van der Waals surface area contributed by atoms with Gasteiger partial charge in [0.2, 0.25) is 11.8 Å². The van der Waals surface area contributed by atoms with Crippen LogP contribution in [0.25, 0.3) is 0 Å². The Kier molecular flexibility index (Phi) is 8.41. The first kappa shape index (κ1) is 28.8. The Bertz CT molecular complexity index is 893. The van der Waals surface area contributed by atoms with Gasteiger partial charge in [0.15, 0.2) is 0 Å². The number of carbonyl (C=O) groups excluding carboxylic acids is 3. The number of hydrogen-bond donors (Lipinski definition) is 1. The highest BCUT2D eigenvalue weighted by molar-refractivity contribution is 8.02. The number of carbonyl (C=O) groups is 3. The molecule has 3 aliphatic rings. The van der Waals surface area contributed by atoms with Crippen LogP contribution in [0.5, 0.6) is 0 Å². The van der Waals surface area contributed by atoms with Crippen molar-refractivity contribution in [1.29, 1.82) is 0 Å². The summed E-state index contributed by atoms with van der Waals surface area (Å²) in [4.78, 5) is 45.3. The average Bonchev–Trinajstić information content (AvgIpc) is 3.42. The van der Waals surface area contributed by atoms with Crippen molar-refractivity contribution in [2.75, 3.05) is 19.8 Å². The zero-order chi connectivity index (χ0) is 27.1. The van der Waals surface area contributed by atoms with Crippen molar-refractivity contribution in [3.05, 3.63) is 25.3 Å². The van der Waals surface area contributed by atoms with Crippen LogP contribution in [0.1, 0.15) is 67.2 Å². The van der Waals surface area contributed by atoms with Crippen LogP contribution < -0.4 is 0 Å². The van der Waals surface area contributed by atoms with Crippen LogP contribution in [0.4, 0.5) is 0 Å². The SMILES string of the molecule is C=CCOC(=O)[C@@H]1[C@H]2C(=O)N([C@@H](CC)CO)C(C(=O)N(CC=C)C(C)(C)CC(C)(C)C)C23CC[C@H]1S3. The second kappa shape index (κ2) is 10.5. The van der Waals surface area contributed by atoms with Crippen LogP contribution in [-0.4, -0.2) is 80.1 Å². The molecule has 7 nitrogen and oxygen atoms in total. The molecule has 3 heterocycles. The minimum absolute atomic E-state index is 0.0210. The Hall–Kier alpha value is -1.80. The van der Waals surface area contributed by atoms with E-state index >= 15 is 0 Å². The Morgan fingerprint density at radius 2 is 1.94 bits per heavy atom. The first-order valence-electron chi connectivity index (χ1n) is 13.1. The van der Waals surface area contributed by atoms with Gasteiger partial charge in [-0.05, 0) is 44.9 Å². The lowest BCUT2D eigenvalue weighted by molar-refractivity contribution is -0.153. The molecule has 0 saturated carbocycles. The summed E-state index contributed by atoms with van der Waals surface area (Å²) in [6.45, 7) is 20.2. The summed E-state index contributed by atoms with van der Waals surface area (Å²) in [6, 6.07) is -1.24. The molecule has 202 valence electrons. The third-order valence-corrected chi connectivity index (χ3v) is 9.89. The molecule has 1 spiro atoms. The van der Waals surface area contributed by atoms with Crippen LogP contribution in [-0.2, 0) is 19.1 Å². The predicted molar refractivity (Wildman–Crippen MR) is 143 cm³/mol. The predicted octanol–water partition coefficient (Wildman–Crippen LogP) is 3.81. The summed E-state index contributed by atoms with van der Waals surface area (Å²) in [5, 5.41) is 10.2. The molecule has 0 aromatic rings. The van der Waals surface area contributed by atoms with Crippen molar-refractivity contribution in [3.8, 4) is 0 Å². The normalized spacial score (nSPS) is 30.2. The molecule has 3 rings (SSSR count). The first-order chi connectivity index (χ1) is 16.8. The van der Waals surface area contributed by atoms with Crippen molar-refractivity contribution in [3.63, 3.8) is 0 Å². The highest BCUT2D eigenvalue weighted by atomic mass is 32.2. The maximum absolute atomic E-state index is 14.6. The lowest BCUT2D eigenvalue weighted by Gasteiger charge is -2.46. The molecule has 2 amide bonds. The van der Waals surface area contributed by atoms with Crippen LogP contribution >= 0.6 is 11.8 Å². The summed E-state index contributed by atoms with van der Waals surface area (Å²) in [7, 11) is 0. The van der Waals surface area contributed by atoms with Gasteiger partial charge in [-0.3, -0.25) is 14.4 Å². The molecule has 3 saturated heterocycles. The number of fused-ring (bicyclic) bond motifs is 1. The molecule has 0 aromatic heterocycles. The second-order valence-corrected chi connectivity index (χ2v) is 13.9. The summed E-state index contributed by atoms with van der Waals surface area (Å²) in [5.41, 5.74) is -0.510. The fourth-order valence-electron chi connectivity index (χ4n) is 6.99. The number of thioether (sulfide) groups is 1. The first-order valence-corrected chi connectivity index (χ1v) is 14.0. The van der Waals surface area contributed by atoms with Crippen molar-refractivity contribution in [2.24, 2.45) is 17.3 Å². The fraction of sp³-hybridized carbons (Fsp3) is 0.750. The standard InChI is InChI=1S/C28H44N2O5S/c1-9-14-29(27(7,8)17-26(4,5)6)24(33)22-28-13-12-19(36-28)20(25(34)35-15-10-2)21(28)23(32)30(22)18(11-3)16-31/h9-10,18-22,31H,1-2,11-17H2,3-8H3/t18-,19+,20-,21-,22?,28?/m0/s1. The Morgan fingerprint density at radius 1 is 1.28 bits per heavy atom. The molecule has 3 aliphatic heterocycles. The average molecular weight is 521 g/mol.